The second kappa shape index (κ2) is 1.52. The highest BCUT2D eigenvalue weighted by Gasteiger charge is 2.06. The number of ether oxygens (including phenoxy) is 1. The van der Waals surface area contributed by atoms with Crippen molar-refractivity contribution in [2.24, 2.45) is 0 Å². The van der Waals surface area contributed by atoms with Crippen molar-refractivity contribution in [3.8, 4) is 0 Å². The third-order valence-corrected chi connectivity index (χ3v) is 1.00. The number of halogens is 1. The van der Waals surface area contributed by atoms with Crippen molar-refractivity contribution in [3.63, 3.8) is 0 Å². The summed E-state index contributed by atoms with van der Waals surface area (Å²) in [5, 5.41) is 0. The van der Waals surface area contributed by atoms with Gasteiger partial charge in [-0.2, -0.15) is 0 Å². The van der Waals surface area contributed by atoms with Gasteiger partial charge < -0.3 is 4.74 Å². The van der Waals surface area contributed by atoms with E-state index in [2.05, 4.69) is 0 Å². The molecule has 0 bridgehead atoms. The van der Waals surface area contributed by atoms with E-state index in [9.17, 15) is 0 Å². The maximum absolute atomic E-state index is 5.22. The summed E-state index contributed by atoms with van der Waals surface area (Å²) in [6.45, 7) is 0.846. The molecule has 0 amide bonds. The molecule has 0 aromatic rings. The zero-order valence-corrected chi connectivity index (χ0v) is 4.03. The predicted octanol–water partition coefficient (Wildman–Crippen LogP) is 1.49. The summed E-state index contributed by atoms with van der Waals surface area (Å²) in [7, 11) is 0. The third-order valence-electron chi connectivity index (χ3n) is 0.758. The molecule has 0 unspecified atom stereocenters. The topological polar surface area (TPSA) is 9.23 Å². The van der Waals surface area contributed by atoms with Gasteiger partial charge in [0.1, 0.15) is 5.76 Å². The molecule has 0 N–H and O–H groups in total. The van der Waals surface area contributed by atoms with Crippen LogP contribution >= 0.6 is 11.6 Å². The van der Waals surface area contributed by atoms with Crippen LogP contribution in [0.4, 0.5) is 0 Å². The van der Waals surface area contributed by atoms with Gasteiger partial charge in [-0.25, -0.2) is 0 Å². The predicted molar refractivity (Wildman–Crippen MR) is 24.5 cm³/mol. The molecule has 0 radical (unpaired) electrons. The zero-order chi connectivity index (χ0) is 4.41. The molecule has 0 spiro atoms. The lowest BCUT2D eigenvalue weighted by molar-refractivity contribution is 0.119. The maximum atomic E-state index is 5.22. The monoisotopic (exact) mass is 104 g/mol. The highest BCUT2D eigenvalue weighted by Crippen LogP contribution is 2.15. The second-order valence-electron chi connectivity index (χ2n) is 1.17. The molecular weight excluding hydrogens is 99.5 g/mol. The van der Waals surface area contributed by atoms with Crippen LogP contribution in [0.1, 0.15) is 6.42 Å². The summed E-state index contributed by atoms with van der Waals surface area (Å²) >= 11 is 5.22. The van der Waals surface area contributed by atoms with E-state index in [1.807, 2.05) is 0 Å². The molecule has 0 atom stereocenters. The molecule has 1 fully saturated rings. The van der Waals surface area contributed by atoms with Crippen LogP contribution in [-0.2, 0) is 4.74 Å². The smallest absolute Gasteiger partial charge is 0.111 e. The van der Waals surface area contributed by atoms with Gasteiger partial charge in [-0.05, 0) is 0 Å². The van der Waals surface area contributed by atoms with Gasteiger partial charge in [0.05, 0.1) is 6.61 Å². The van der Waals surface area contributed by atoms with Crippen LogP contribution in [0.3, 0.4) is 0 Å². The van der Waals surface area contributed by atoms with Gasteiger partial charge in [-0.15, -0.1) is 0 Å². The summed E-state index contributed by atoms with van der Waals surface area (Å²) < 4.78 is 4.81. The van der Waals surface area contributed by atoms with E-state index >= 15 is 0 Å². The summed E-state index contributed by atoms with van der Waals surface area (Å²) in [6, 6.07) is 0. The summed E-state index contributed by atoms with van der Waals surface area (Å²) in [4.78, 5) is 0. The quantitative estimate of drug-likeness (QED) is 0.453. The normalized spacial score (nSPS) is 25.8. The highest BCUT2D eigenvalue weighted by molar-refractivity contribution is 6.25. The Morgan fingerprint density at radius 3 is 2.50 bits per heavy atom. The van der Waals surface area contributed by atoms with Crippen molar-refractivity contribution in [1.82, 2.24) is 0 Å². The summed E-state index contributed by atoms with van der Waals surface area (Å²) in [5.41, 5.74) is 1.48. The fourth-order valence-corrected chi connectivity index (χ4v) is 0.478. The van der Waals surface area contributed by atoms with E-state index in [1.165, 1.54) is 5.54 Å². The van der Waals surface area contributed by atoms with Crippen molar-refractivity contribution in [1.29, 1.82) is 0 Å². The molecule has 6 heavy (non-hydrogen) atoms. The standard InChI is InChI=1S/C4H5ClO/c5-3-4-1-2-6-4/h3H,1-2H2. The number of hydrogen-bond acceptors (Lipinski definition) is 1. The van der Waals surface area contributed by atoms with Gasteiger partial charge in [0.25, 0.3) is 0 Å². The van der Waals surface area contributed by atoms with Crippen LogP contribution in [-0.4, -0.2) is 6.61 Å². The molecule has 1 aliphatic heterocycles. The molecule has 1 rings (SSSR count). The van der Waals surface area contributed by atoms with Crippen LogP contribution in [0, 0.1) is 0 Å². The first kappa shape index (κ1) is 4.00. The maximum Gasteiger partial charge on any atom is 0.111 e. The average molecular weight is 105 g/mol. The van der Waals surface area contributed by atoms with Gasteiger partial charge >= 0.3 is 0 Å². The SMILES string of the molecule is ClC=C1CCO1. The van der Waals surface area contributed by atoms with Crippen LogP contribution in [0.5, 0.6) is 0 Å². The van der Waals surface area contributed by atoms with Crippen molar-refractivity contribution in [2.75, 3.05) is 6.61 Å². The molecule has 1 aliphatic rings. The Morgan fingerprint density at radius 1 is 1.83 bits per heavy atom. The van der Waals surface area contributed by atoms with E-state index in [0.717, 1.165) is 18.8 Å². The van der Waals surface area contributed by atoms with E-state index in [0.29, 0.717) is 0 Å². The van der Waals surface area contributed by atoms with Crippen LogP contribution in [0.25, 0.3) is 0 Å². The highest BCUT2D eigenvalue weighted by atomic mass is 35.5. The largest absolute Gasteiger partial charge is 0.496 e. The zero-order valence-electron chi connectivity index (χ0n) is 3.28. The Labute approximate surface area is 41.6 Å². The Hall–Kier alpha value is -0.170. The van der Waals surface area contributed by atoms with Gasteiger partial charge in [0, 0.05) is 12.0 Å². The van der Waals surface area contributed by atoms with E-state index in [4.69, 9.17) is 16.3 Å². The van der Waals surface area contributed by atoms with Crippen molar-refractivity contribution >= 4 is 11.6 Å². The summed E-state index contributed by atoms with van der Waals surface area (Å²) in [6.07, 6.45) is 1.02. The molecule has 0 saturated carbocycles. The fourth-order valence-electron chi connectivity index (χ4n) is 0.306. The molecule has 1 nitrogen and oxygen atoms in total. The third kappa shape index (κ3) is 0.500. The van der Waals surface area contributed by atoms with Crippen molar-refractivity contribution in [2.45, 2.75) is 6.42 Å². The van der Waals surface area contributed by atoms with E-state index in [-0.39, 0.29) is 0 Å². The molecule has 0 aliphatic carbocycles. The number of rotatable bonds is 0. The van der Waals surface area contributed by atoms with Crippen molar-refractivity contribution < 1.29 is 4.74 Å². The van der Waals surface area contributed by atoms with Crippen LogP contribution in [0.2, 0.25) is 0 Å². The number of hydrogen-bond donors (Lipinski definition) is 0. The minimum Gasteiger partial charge on any atom is -0.496 e. The lowest BCUT2D eigenvalue weighted by Gasteiger charge is -2.16. The first-order valence-electron chi connectivity index (χ1n) is 1.85. The van der Waals surface area contributed by atoms with E-state index < -0.39 is 0 Å². The van der Waals surface area contributed by atoms with Gasteiger partial charge in [0.2, 0.25) is 0 Å². The lowest BCUT2D eigenvalue weighted by Crippen LogP contribution is -2.06. The molecule has 1 heterocycles. The minimum absolute atomic E-state index is 0.846. The first-order chi connectivity index (χ1) is 2.93. The van der Waals surface area contributed by atoms with Crippen molar-refractivity contribution in [3.05, 3.63) is 11.3 Å². The Kier molecular flexibility index (Phi) is 1.01. The van der Waals surface area contributed by atoms with Crippen LogP contribution < -0.4 is 0 Å². The Morgan fingerprint density at radius 2 is 2.50 bits per heavy atom. The molecule has 0 aromatic heterocycles. The Bertz CT molecular complexity index is 71.6. The first-order valence-corrected chi connectivity index (χ1v) is 2.29. The molecule has 0 aromatic carbocycles. The lowest BCUT2D eigenvalue weighted by atomic mass is 10.3. The fraction of sp³-hybridized carbons (Fsp3) is 0.500. The molecular formula is C4H5ClO. The molecule has 2 heteroatoms. The van der Waals surface area contributed by atoms with Gasteiger partial charge in [-0.1, -0.05) is 11.6 Å². The Balaban J connectivity index is 2.34. The second-order valence-corrected chi connectivity index (χ2v) is 1.39. The van der Waals surface area contributed by atoms with Gasteiger partial charge in [0.15, 0.2) is 0 Å². The van der Waals surface area contributed by atoms with E-state index in [1.54, 1.807) is 0 Å². The molecule has 1 saturated heterocycles. The molecule has 34 valence electrons. The summed E-state index contributed by atoms with van der Waals surface area (Å²) in [5.74, 6) is 0.914. The minimum atomic E-state index is 0.846. The van der Waals surface area contributed by atoms with Crippen LogP contribution in [0.15, 0.2) is 11.3 Å². The average Bonchev–Trinajstić information content (AvgIpc) is 1.31. The van der Waals surface area contributed by atoms with Gasteiger partial charge in [-0.3, -0.25) is 0 Å².